The van der Waals surface area contributed by atoms with E-state index in [0.29, 0.717) is 25.3 Å². The topological polar surface area (TPSA) is 74.2 Å². The van der Waals surface area contributed by atoms with Gasteiger partial charge in [-0.3, -0.25) is 0 Å². The van der Waals surface area contributed by atoms with E-state index in [9.17, 15) is 8.76 Å². The number of hydrogen-bond donors (Lipinski definition) is 0. The maximum absolute atomic E-state index is 13.1. The predicted molar refractivity (Wildman–Crippen MR) is 102 cm³/mol. The van der Waals surface area contributed by atoms with E-state index in [1.165, 1.54) is 11.4 Å². The van der Waals surface area contributed by atoms with Crippen LogP contribution in [0.4, 0.5) is 0 Å². The minimum Gasteiger partial charge on any atom is -0.593 e. The van der Waals surface area contributed by atoms with Crippen LogP contribution in [0.2, 0.25) is 0 Å². The van der Waals surface area contributed by atoms with Gasteiger partial charge in [0.15, 0.2) is 20.9 Å². The van der Waals surface area contributed by atoms with Crippen molar-refractivity contribution in [1.82, 2.24) is 4.31 Å². The third-order valence-corrected chi connectivity index (χ3v) is 6.97. The molecule has 2 aliphatic heterocycles. The van der Waals surface area contributed by atoms with Gasteiger partial charge in [0.2, 0.25) is 0 Å². The van der Waals surface area contributed by atoms with Crippen molar-refractivity contribution in [3.8, 4) is 5.75 Å². The second-order valence-corrected chi connectivity index (χ2v) is 8.91. The second-order valence-electron chi connectivity index (χ2n) is 6.98. The smallest absolute Gasteiger partial charge is 0.179 e. The zero-order valence-corrected chi connectivity index (χ0v) is 16.0. The highest BCUT2D eigenvalue weighted by molar-refractivity contribution is 7.95. The van der Waals surface area contributed by atoms with E-state index in [1.807, 2.05) is 30.3 Å². The summed E-state index contributed by atoms with van der Waals surface area (Å²) in [5, 5.41) is 4.27. The summed E-state index contributed by atoms with van der Waals surface area (Å²) in [6.45, 7) is 0.775. The Kier molecular flexibility index (Phi) is 4.75. The van der Waals surface area contributed by atoms with Gasteiger partial charge in [-0.05, 0) is 30.5 Å². The first-order valence-electron chi connectivity index (χ1n) is 8.97. The first-order chi connectivity index (χ1) is 13.0. The van der Waals surface area contributed by atoms with E-state index in [2.05, 4.69) is 5.16 Å². The van der Waals surface area contributed by atoms with Crippen LogP contribution in [0.5, 0.6) is 5.75 Å². The number of oxime groups is 1. The Balaban J connectivity index is 1.54. The summed E-state index contributed by atoms with van der Waals surface area (Å²) in [6.07, 6.45) is 2.14. The molecule has 2 aromatic carbocycles. The van der Waals surface area contributed by atoms with Crippen molar-refractivity contribution in [3.63, 3.8) is 0 Å². The molecule has 6 nitrogen and oxygen atoms in total. The second kappa shape index (κ2) is 7.07. The number of piperidine rings is 1. The Morgan fingerprint density at radius 2 is 2.04 bits per heavy atom. The molecule has 0 radical (unpaired) electrons. The Labute approximate surface area is 160 Å². The number of nitrogens with zero attached hydrogens (tertiary/aromatic N) is 2. The number of rotatable bonds is 4. The summed E-state index contributed by atoms with van der Waals surface area (Å²) in [5.41, 5.74) is 1.30. The van der Waals surface area contributed by atoms with Crippen LogP contribution in [0.1, 0.15) is 24.8 Å². The molecule has 1 fully saturated rings. The highest BCUT2D eigenvalue weighted by Gasteiger charge is 2.48. The number of methoxy groups -OCH3 is 1. The molecule has 0 N–H and O–H groups in total. The van der Waals surface area contributed by atoms with Gasteiger partial charge in [-0.2, -0.15) is 0 Å². The SMILES string of the molecule is COc1cccc([S+](=O)([O-])N2CCCC3(CC(c4ccccc4)=NO3)C2)c1. The van der Waals surface area contributed by atoms with Gasteiger partial charge in [-0.15, -0.1) is 4.31 Å². The molecular formula is C20H22N2O4S. The molecule has 0 saturated carbocycles. The lowest BCUT2D eigenvalue weighted by molar-refractivity contribution is -0.0533. The van der Waals surface area contributed by atoms with E-state index >= 15 is 0 Å². The van der Waals surface area contributed by atoms with Crippen molar-refractivity contribution in [2.45, 2.75) is 29.8 Å². The maximum atomic E-state index is 13.1. The fourth-order valence-corrected chi connectivity index (χ4v) is 5.29. The lowest BCUT2D eigenvalue weighted by Gasteiger charge is -2.38. The molecule has 0 bridgehead atoms. The fraction of sp³-hybridized carbons (Fsp3) is 0.350. The molecule has 1 saturated heterocycles. The van der Waals surface area contributed by atoms with Gasteiger partial charge in [0, 0.05) is 19.0 Å². The van der Waals surface area contributed by atoms with Gasteiger partial charge in [-0.1, -0.05) is 45.8 Å². The minimum atomic E-state index is -3.62. The van der Waals surface area contributed by atoms with Crippen molar-refractivity contribution >= 4 is 16.1 Å². The first kappa shape index (κ1) is 18.2. The molecule has 1 spiro atoms. The van der Waals surface area contributed by atoms with E-state index in [4.69, 9.17) is 9.57 Å². The Bertz CT molecular complexity index is 902. The monoisotopic (exact) mass is 386 g/mol. The number of ether oxygens (including phenoxy) is 1. The van der Waals surface area contributed by atoms with Crippen LogP contribution in [0, 0.1) is 0 Å². The van der Waals surface area contributed by atoms with Crippen molar-refractivity contribution in [1.29, 1.82) is 0 Å². The molecule has 0 aliphatic carbocycles. The average molecular weight is 386 g/mol. The lowest BCUT2D eigenvalue weighted by atomic mass is 9.87. The molecule has 142 valence electrons. The van der Waals surface area contributed by atoms with Crippen LogP contribution in [0.25, 0.3) is 0 Å². The Morgan fingerprint density at radius 3 is 2.81 bits per heavy atom. The van der Waals surface area contributed by atoms with Gasteiger partial charge < -0.3 is 14.1 Å². The van der Waals surface area contributed by atoms with E-state index in [0.717, 1.165) is 24.1 Å². The molecule has 27 heavy (non-hydrogen) atoms. The van der Waals surface area contributed by atoms with Crippen LogP contribution < -0.4 is 4.74 Å². The molecule has 0 aromatic heterocycles. The van der Waals surface area contributed by atoms with Crippen molar-refractivity contribution < 1.29 is 18.3 Å². The van der Waals surface area contributed by atoms with Gasteiger partial charge in [-0.25, -0.2) is 0 Å². The normalized spacial score (nSPS) is 24.9. The van der Waals surface area contributed by atoms with E-state index < -0.39 is 16.0 Å². The first-order valence-corrected chi connectivity index (χ1v) is 10.4. The summed E-state index contributed by atoms with van der Waals surface area (Å²) < 4.78 is 32.9. The summed E-state index contributed by atoms with van der Waals surface area (Å²) in [6, 6.07) is 16.4. The largest absolute Gasteiger partial charge is 0.593 e. The standard InChI is InChI=1S/C20H22N2O4S/c1-25-17-9-5-10-18(13-17)27(23,24)22-12-6-11-20(15-22)14-19(21-26-20)16-7-3-2-4-8-16/h2-5,7-10,13H,6,11-12,14-15H2,1H3. The van der Waals surface area contributed by atoms with Gasteiger partial charge in [0.1, 0.15) is 5.75 Å². The molecule has 0 amide bonds. The summed E-state index contributed by atoms with van der Waals surface area (Å²) >= 11 is 0. The Morgan fingerprint density at radius 1 is 1.22 bits per heavy atom. The molecule has 2 unspecified atom stereocenters. The number of sulfonamides is 1. The molecule has 7 heteroatoms. The van der Waals surface area contributed by atoms with Crippen LogP contribution in [-0.2, 0) is 19.4 Å². The third-order valence-electron chi connectivity index (χ3n) is 5.13. The third kappa shape index (κ3) is 3.50. The zero-order valence-electron chi connectivity index (χ0n) is 15.2. The molecule has 2 heterocycles. The highest BCUT2D eigenvalue weighted by Crippen LogP contribution is 2.38. The van der Waals surface area contributed by atoms with Gasteiger partial charge >= 0.3 is 0 Å². The van der Waals surface area contributed by atoms with Gasteiger partial charge in [0.05, 0.1) is 19.4 Å². The molecular weight excluding hydrogens is 364 g/mol. The van der Waals surface area contributed by atoms with Crippen molar-refractivity contribution in [3.05, 3.63) is 60.2 Å². The fourth-order valence-electron chi connectivity index (χ4n) is 3.70. The number of benzene rings is 2. The average Bonchev–Trinajstić information content (AvgIpc) is 3.12. The summed E-state index contributed by atoms with van der Waals surface area (Å²) in [4.78, 5) is 6.05. The van der Waals surface area contributed by atoms with E-state index in [-0.39, 0.29) is 4.90 Å². The summed E-state index contributed by atoms with van der Waals surface area (Å²) in [5.74, 6) is 0.523. The van der Waals surface area contributed by atoms with Crippen molar-refractivity contribution in [2.75, 3.05) is 20.2 Å². The molecule has 2 aliphatic rings. The molecule has 4 rings (SSSR count). The number of hydrogen-bond acceptors (Lipinski definition) is 5. The summed E-state index contributed by atoms with van der Waals surface area (Å²) in [7, 11) is -2.09. The quantitative estimate of drug-likeness (QED) is 0.756. The van der Waals surface area contributed by atoms with Crippen LogP contribution in [0.3, 0.4) is 0 Å². The van der Waals surface area contributed by atoms with Crippen LogP contribution in [-0.4, -0.2) is 40.4 Å². The minimum absolute atomic E-state index is 0.237. The van der Waals surface area contributed by atoms with Gasteiger partial charge in [0.25, 0.3) is 0 Å². The molecule has 2 aromatic rings. The Hall–Kier alpha value is -2.22. The highest BCUT2D eigenvalue weighted by atomic mass is 32.3. The van der Waals surface area contributed by atoms with Crippen LogP contribution >= 0.6 is 0 Å². The molecule has 2 atom stereocenters. The van der Waals surface area contributed by atoms with E-state index in [1.54, 1.807) is 24.3 Å². The zero-order chi connectivity index (χ0) is 18.9. The maximum Gasteiger partial charge on any atom is 0.179 e. The van der Waals surface area contributed by atoms with Crippen molar-refractivity contribution in [2.24, 2.45) is 5.16 Å². The van der Waals surface area contributed by atoms with Crippen LogP contribution in [0.15, 0.2) is 64.6 Å². The predicted octanol–water partition coefficient (Wildman–Crippen LogP) is 3.26. The lowest BCUT2D eigenvalue weighted by Crippen LogP contribution is -2.52.